The van der Waals surface area contributed by atoms with Crippen LogP contribution < -0.4 is 24.6 Å². The molecule has 18 nitrogen and oxygen atoms in total. The summed E-state index contributed by atoms with van der Waals surface area (Å²) >= 11 is 0. The Kier molecular flexibility index (Phi) is 13.6. The van der Waals surface area contributed by atoms with Crippen molar-refractivity contribution < 1.29 is 51.3 Å². The summed E-state index contributed by atoms with van der Waals surface area (Å²) in [6, 6.07) is 11.0. The molecule has 0 radical (unpaired) electrons. The van der Waals surface area contributed by atoms with Gasteiger partial charge in [0.15, 0.2) is 24.2 Å². The summed E-state index contributed by atoms with van der Waals surface area (Å²) in [6.07, 6.45) is 9.86. The molecule has 1 spiro atoms. The number of fused-ring (bicyclic) bond motifs is 5. The number of benzene rings is 3. The number of carbonyl (C=O) groups excluding carboxylic acids is 4. The number of hydrogen-bond acceptors (Lipinski definition) is 15. The molecule has 428 valence electrons. The fraction of sp³-hybridized carbons (Fsp3) is 0.550. The quantitative estimate of drug-likeness (QED) is 0.0892. The molecule has 8 aliphatic rings. The molecule has 5 aromatic rings. The molecule has 1 N–H and O–H groups in total. The molecular weight excluding hydrogens is 1050 g/mol. The number of likely N-dealkylation sites (tertiary alicyclic amines) is 1. The molecular formula is C60H69F3N10O8. The maximum atomic E-state index is 17.5. The monoisotopic (exact) mass is 1110 g/mol. The van der Waals surface area contributed by atoms with E-state index in [1.807, 2.05) is 42.7 Å². The molecule has 7 fully saturated rings. The molecule has 3 atom stereocenters. The van der Waals surface area contributed by atoms with Gasteiger partial charge in [-0.3, -0.25) is 34.5 Å². The number of nitrogens with zero attached hydrogens (tertiary/aromatic N) is 9. The lowest BCUT2D eigenvalue weighted by Gasteiger charge is -2.56. The maximum Gasteiger partial charge on any atom is 0.410 e. The van der Waals surface area contributed by atoms with Gasteiger partial charge < -0.3 is 38.5 Å². The second-order valence-corrected chi connectivity index (χ2v) is 25.1. The number of piperidine rings is 2. The van der Waals surface area contributed by atoms with Crippen molar-refractivity contribution in [2.45, 2.75) is 121 Å². The summed E-state index contributed by atoms with van der Waals surface area (Å²) in [5.41, 5.74) is 1.87. The van der Waals surface area contributed by atoms with Crippen molar-refractivity contribution in [3.63, 3.8) is 0 Å². The number of hydrogen-bond donors (Lipinski definition) is 1. The lowest BCUT2D eigenvalue weighted by atomic mass is 9.60. The summed E-state index contributed by atoms with van der Waals surface area (Å²) in [5.74, 6) is -3.27. The highest BCUT2D eigenvalue weighted by Gasteiger charge is 2.51. The molecule has 6 aliphatic heterocycles. The summed E-state index contributed by atoms with van der Waals surface area (Å²) in [7, 11) is 1.46. The Morgan fingerprint density at radius 1 is 0.815 bits per heavy atom. The Labute approximate surface area is 468 Å². The van der Waals surface area contributed by atoms with Crippen LogP contribution in [0.5, 0.6) is 11.8 Å². The van der Waals surface area contributed by atoms with Gasteiger partial charge in [0.05, 0.1) is 24.1 Å². The van der Waals surface area contributed by atoms with Crippen LogP contribution in [0.15, 0.2) is 48.7 Å². The van der Waals surface area contributed by atoms with Gasteiger partial charge in [0, 0.05) is 106 Å². The summed E-state index contributed by atoms with van der Waals surface area (Å²) in [6.45, 7) is 13.6. The molecule has 81 heavy (non-hydrogen) atoms. The van der Waals surface area contributed by atoms with Gasteiger partial charge >= 0.3 is 12.1 Å². The number of imide groups is 1. The van der Waals surface area contributed by atoms with Gasteiger partial charge in [-0.1, -0.05) is 6.07 Å². The molecule has 2 saturated carbocycles. The highest BCUT2D eigenvalue weighted by molar-refractivity contribution is 6.06. The third-order valence-corrected chi connectivity index (χ3v) is 18.6. The van der Waals surface area contributed by atoms with E-state index in [0.29, 0.717) is 60.9 Å². The van der Waals surface area contributed by atoms with Crippen molar-refractivity contribution in [3.8, 4) is 23.0 Å². The van der Waals surface area contributed by atoms with E-state index in [9.17, 15) is 23.6 Å². The van der Waals surface area contributed by atoms with Crippen molar-refractivity contribution >= 4 is 57.0 Å². The number of anilines is 2. The van der Waals surface area contributed by atoms with Crippen LogP contribution in [-0.2, 0) is 25.6 Å². The summed E-state index contributed by atoms with van der Waals surface area (Å²) < 4.78 is 71.4. The van der Waals surface area contributed by atoms with Gasteiger partial charge in [0.1, 0.15) is 34.4 Å². The minimum atomic E-state index is -1.15. The molecule has 2 unspecified atom stereocenters. The van der Waals surface area contributed by atoms with E-state index in [1.165, 1.54) is 44.3 Å². The van der Waals surface area contributed by atoms with Crippen LogP contribution in [0.3, 0.4) is 0 Å². The van der Waals surface area contributed by atoms with Gasteiger partial charge in [0.2, 0.25) is 11.8 Å². The predicted octanol–water partition coefficient (Wildman–Crippen LogP) is 7.82. The largest absolute Gasteiger partial charge is 0.468 e. The number of halogens is 3. The summed E-state index contributed by atoms with van der Waals surface area (Å²) in [4.78, 5) is 78.5. The van der Waals surface area contributed by atoms with Gasteiger partial charge in [-0.2, -0.15) is 9.97 Å². The zero-order valence-corrected chi connectivity index (χ0v) is 46.4. The van der Waals surface area contributed by atoms with E-state index >= 15 is 8.78 Å². The Balaban J connectivity index is 0.668. The van der Waals surface area contributed by atoms with E-state index in [2.05, 4.69) is 31.1 Å². The number of ether oxygens (including phenoxy) is 4. The van der Waals surface area contributed by atoms with Crippen LogP contribution in [0.2, 0.25) is 0 Å². The first-order valence-electron chi connectivity index (χ1n) is 28.7. The fourth-order valence-corrected chi connectivity index (χ4v) is 14.1. The SMILES string of the molecule is COCOc1cc(-c2ncc3c(N4CC5CCC(C4)N5C(=O)OC(C)(C)C)nc(OCC4(CN5CCC6(CC5)CC(N5CCN(c7ccc8c(c7)CN([C@H]7CCC(=O)NC7=O)C8=O)CC5)C6)CC4)nc3c2F)c2c(F)c(F)ccc2c1. The van der Waals surface area contributed by atoms with Crippen LogP contribution in [0.4, 0.5) is 29.5 Å². The summed E-state index contributed by atoms with van der Waals surface area (Å²) in [5, 5.41) is 2.83. The predicted molar refractivity (Wildman–Crippen MR) is 294 cm³/mol. The van der Waals surface area contributed by atoms with Crippen molar-refractivity contribution in [1.29, 1.82) is 0 Å². The van der Waals surface area contributed by atoms with E-state index in [0.717, 1.165) is 102 Å². The molecule has 4 amide bonds. The molecule has 2 bridgehead atoms. The van der Waals surface area contributed by atoms with Crippen molar-refractivity contribution in [2.24, 2.45) is 10.8 Å². The van der Waals surface area contributed by atoms with Crippen LogP contribution in [0.25, 0.3) is 32.9 Å². The van der Waals surface area contributed by atoms with Crippen molar-refractivity contribution in [2.75, 3.05) is 89.2 Å². The molecule has 2 aliphatic carbocycles. The number of piperazine rings is 2. The van der Waals surface area contributed by atoms with Crippen LogP contribution >= 0.6 is 0 Å². The lowest BCUT2D eigenvalue weighted by Crippen LogP contribution is -2.59. The highest BCUT2D eigenvalue weighted by Crippen LogP contribution is 2.53. The number of carbonyl (C=O) groups is 4. The number of nitrogens with one attached hydrogen (secondary N) is 1. The standard InChI is InChI=1S/C60H69F3N10O8/c1-58(2,3)81-57(77)73-38-6-7-39(73)31-71(30-38)53-44-28-64-51(43-25-41(80-34-78-4)24-35-5-10-45(61)49(62)48(35)43)50(63)52(44)66-56(67-53)79-33-60(13-14-60)32-68-17-15-59(16-18-68)26-40(27-59)70-21-19-69(20-22-70)37-8-9-42-36(23-37)29-72(55(42)76)46-11-12-47(74)65-54(46)75/h5,8-10,23-25,28,38-40,46H,6-7,11-22,26-27,29-34H2,1-4H3,(H,65,74,75)/t38?,39?,46-/m0/s1. The zero-order chi connectivity index (χ0) is 56.1. The maximum absolute atomic E-state index is 17.5. The van der Waals surface area contributed by atoms with Crippen LogP contribution in [0.1, 0.15) is 101 Å². The first-order chi connectivity index (χ1) is 38.9. The van der Waals surface area contributed by atoms with E-state index in [-0.39, 0.29) is 87.9 Å². The van der Waals surface area contributed by atoms with E-state index < -0.39 is 35.0 Å². The topological polar surface area (TPSA) is 175 Å². The zero-order valence-electron chi connectivity index (χ0n) is 46.4. The normalized spacial score (nSPS) is 23.8. The van der Waals surface area contributed by atoms with Gasteiger partial charge in [-0.25, -0.2) is 18.0 Å². The Morgan fingerprint density at radius 2 is 1.57 bits per heavy atom. The number of methoxy groups -OCH3 is 1. The molecule has 8 heterocycles. The average molecular weight is 1120 g/mol. The van der Waals surface area contributed by atoms with E-state index in [4.69, 9.17) is 28.9 Å². The van der Waals surface area contributed by atoms with E-state index in [1.54, 1.807) is 4.90 Å². The first kappa shape index (κ1) is 53.5. The molecule has 2 aromatic heterocycles. The van der Waals surface area contributed by atoms with Gasteiger partial charge in [-0.15, -0.1) is 0 Å². The number of aromatic nitrogens is 3. The third-order valence-electron chi connectivity index (χ3n) is 18.6. The molecule has 5 saturated heterocycles. The third kappa shape index (κ3) is 10.1. The molecule has 21 heteroatoms. The first-order valence-corrected chi connectivity index (χ1v) is 28.7. The molecule has 13 rings (SSSR count). The second kappa shape index (κ2) is 20.5. The minimum absolute atomic E-state index is 0.00193. The lowest BCUT2D eigenvalue weighted by molar-refractivity contribution is -0.136. The van der Waals surface area contributed by atoms with Gasteiger partial charge in [-0.05, 0) is 144 Å². The Bertz CT molecular complexity index is 3340. The number of rotatable bonds is 13. The molecule has 3 aromatic carbocycles. The Hall–Kier alpha value is -6.84. The Morgan fingerprint density at radius 3 is 2.27 bits per heavy atom. The van der Waals surface area contributed by atoms with Crippen LogP contribution in [-0.4, -0.2) is 168 Å². The smallest absolute Gasteiger partial charge is 0.410 e. The van der Waals surface area contributed by atoms with Crippen molar-refractivity contribution in [1.82, 2.24) is 39.9 Å². The van der Waals surface area contributed by atoms with Gasteiger partial charge in [0.25, 0.3) is 5.91 Å². The number of amides is 4. The minimum Gasteiger partial charge on any atom is -0.468 e. The average Bonchev–Trinajstić information content (AvgIpc) is 4.10. The number of pyridine rings is 1. The highest BCUT2D eigenvalue weighted by atomic mass is 19.2. The second-order valence-electron chi connectivity index (χ2n) is 25.1. The van der Waals surface area contributed by atoms with Crippen molar-refractivity contribution in [3.05, 3.63) is 77.2 Å². The van der Waals surface area contributed by atoms with Crippen LogP contribution in [0, 0.1) is 28.3 Å². The fourth-order valence-electron chi connectivity index (χ4n) is 14.1.